The molecule has 1 aliphatic carbocycles. The highest BCUT2D eigenvalue weighted by atomic mass is 16.2. The smallest absolute Gasteiger partial charge is 0.258 e. The Labute approximate surface area is 187 Å². The van der Waals surface area contributed by atoms with Crippen molar-refractivity contribution in [2.24, 2.45) is 11.8 Å². The molecule has 0 saturated carbocycles. The normalized spacial score (nSPS) is 22.3. The highest BCUT2D eigenvalue weighted by molar-refractivity contribution is 6.09. The number of amides is 3. The van der Waals surface area contributed by atoms with Crippen molar-refractivity contribution in [3.05, 3.63) is 70.8 Å². The fraction of sp³-hybridized carbons (Fsp3) is 0.346. The first-order chi connectivity index (χ1) is 15.4. The number of anilines is 2. The van der Waals surface area contributed by atoms with E-state index in [0.29, 0.717) is 30.6 Å². The lowest BCUT2D eigenvalue weighted by Gasteiger charge is -2.38. The summed E-state index contributed by atoms with van der Waals surface area (Å²) in [5.74, 6) is -1.03. The summed E-state index contributed by atoms with van der Waals surface area (Å²) >= 11 is 0. The van der Waals surface area contributed by atoms with Crippen LogP contribution in [0.15, 0.2) is 48.6 Å². The van der Waals surface area contributed by atoms with Crippen LogP contribution < -0.4 is 15.3 Å². The van der Waals surface area contributed by atoms with Crippen molar-refractivity contribution in [2.45, 2.75) is 39.5 Å². The summed E-state index contributed by atoms with van der Waals surface area (Å²) in [6, 6.07) is 11.2. The lowest BCUT2D eigenvalue weighted by atomic mass is 9.80. The van der Waals surface area contributed by atoms with Gasteiger partial charge in [0.1, 0.15) is 0 Å². The second kappa shape index (κ2) is 7.93. The van der Waals surface area contributed by atoms with Crippen LogP contribution in [-0.2, 0) is 16.0 Å². The lowest BCUT2D eigenvalue weighted by Crippen LogP contribution is -2.59. The molecular formula is C26H27N3O3. The Morgan fingerprint density at radius 1 is 1.03 bits per heavy atom. The zero-order chi connectivity index (χ0) is 22.4. The van der Waals surface area contributed by atoms with Gasteiger partial charge in [0.05, 0.1) is 17.5 Å². The summed E-state index contributed by atoms with van der Waals surface area (Å²) in [5.41, 5.74) is 8.30. The van der Waals surface area contributed by atoms with Crippen LogP contribution >= 0.6 is 0 Å². The van der Waals surface area contributed by atoms with Gasteiger partial charge in [-0.15, -0.1) is 0 Å². The van der Waals surface area contributed by atoms with E-state index in [2.05, 4.69) is 24.5 Å². The van der Waals surface area contributed by atoms with Gasteiger partial charge in [-0.3, -0.25) is 19.8 Å². The van der Waals surface area contributed by atoms with Crippen molar-refractivity contribution < 1.29 is 14.4 Å². The molecule has 2 atom stereocenters. The summed E-state index contributed by atoms with van der Waals surface area (Å²) in [7, 11) is 0. The molecule has 5 rings (SSSR count). The van der Waals surface area contributed by atoms with Gasteiger partial charge in [0, 0.05) is 17.8 Å². The Bertz CT molecular complexity index is 1150. The number of nitrogens with one attached hydrogen (secondary N) is 1. The lowest BCUT2D eigenvalue weighted by molar-refractivity contribution is -0.139. The molecule has 2 unspecified atom stereocenters. The monoisotopic (exact) mass is 429 g/mol. The third-order valence-corrected chi connectivity index (χ3v) is 6.82. The second-order valence-corrected chi connectivity index (χ2v) is 9.00. The number of hydrogen-bond donors (Lipinski definition) is 1. The molecule has 32 heavy (non-hydrogen) atoms. The molecule has 0 radical (unpaired) electrons. The van der Waals surface area contributed by atoms with E-state index in [0.717, 1.165) is 24.1 Å². The number of hydrazine groups is 1. The number of fused-ring (bicyclic) bond motifs is 2. The average Bonchev–Trinajstić information content (AvgIpc) is 2.80. The first kappa shape index (κ1) is 20.5. The van der Waals surface area contributed by atoms with Gasteiger partial charge in [0.2, 0.25) is 11.8 Å². The predicted octanol–water partition coefficient (Wildman–Crippen LogP) is 3.86. The fourth-order valence-corrected chi connectivity index (χ4v) is 5.20. The Morgan fingerprint density at radius 3 is 2.62 bits per heavy atom. The number of nitrogens with zero attached hydrogens (tertiary/aromatic N) is 2. The molecule has 0 bridgehead atoms. The van der Waals surface area contributed by atoms with Gasteiger partial charge < -0.3 is 4.90 Å². The number of allylic oxidation sites excluding steroid dienone is 2. The molecule has 164 valence electrons. The fourth-order valence-electron chi connectivity index (χ4n) is 5.20. The number of hydrogen-bond acceptors (Lipinski definition) is 3. The third kappa shape index (κ3) is 3.40. The minimum absolute atomic E-state index is 0.0907. The van der Waals surface area contributed by atoms with Crippen LogP contribution in [0.2, 0.25) is 0 Å². The average molecular weight is 430 g/mol. The summed E-state index contributed by atoms with van der Waals surface area (Å²) in [4.78, 5) is 41.1. The topological polar surface area (TPSA) is 69.7 Å². The van der Waals surface area contributed by atoms with Crippen molar-refractivity contribution in [3.8, 4) is 0 Å². The van der Waals surface area contributed by atoms with E-state index in [-0.39, 0.29) is 29.6 Å². The maximum atomic E-state index is 13.5. The van der Waals surface area contributed by atoms with Gasteiger partial charge in [-0.05, 0) is 80.5 Å². The van der Waals surface area contributed by atoms with Gasteiger partial charge in [0.15, 0.2) is 0 Å². The van der Waals surface area contributed by atoms with Gasteiger partial charge in [-0.2, -0.15) is 0 Å². The van der Waals surface area contributed by atoms with Gasteiger partial charge in [-0.1, -0.05) is 24.3 Å². The van der Waals surface area contributed by atoms with Gasteiger partial charge >= 0.3 is 0 Å². The maximum absolute atomic E-state index is 13.5. The van der Waals surface area contributed by atoms with E-state index >= 15 is 0 Å². The van der Waals surface area contributed by atoms with Crippen molar-refractivity contribution in [1.82, 2.24) is 5.43 Å². The van der Waals surface area contributed by atoms with Crippen molar-refractivity contribution in [1.29, 1.82) is 0 Å². The molecule has 0 spiro atoms. The Kier molecular flexibility index (Phi) is 5.08. The van der Waals surface area contributed by atoms with Crippen molar-refractivity contribution >= 4 is 29.1 Å². The summed E-state index contributed by atoms with van der Waals surface area (Å²) in [5, 5.41) is 1.32. The molecular weight excluding hydrogens is 402 g/mol. The molecule has 2 aliphatic heterocycles. The molecule has 1 saturated heterocycles. The molecule has 3 aliphatic rings. The molecule has 2 aromatic carbocycles. The van der Waals surface area contributed by atoms with Crippen LogP contribution in [0, 0.1) is 25.7 Å². The predicted molar refractivity (Wildman–Crippen MR) is 123 cm³/mol. The van der Waals surface area contributed by atoms with E-state index in [1.54, 1.807) is 24.3 Å². The number of aryl methyl sites for hydroxylation is 2. The largest absolute Gasteiger partial charge is 0.308 e. The minimum Gasteiger partial charge on any atom is -0.308 e. The van der Waals surface area contributed by atoms with Crippen LogP contribution in [0.3, 0.4) is 0 Å². The molecule has 3 amide bonds. The quantitative estimate of drug-likeness (QED) is 0.737. The SMILES string of the molecule is Cc1cc(C)c2c(c1)N(C(=O)c1cccc(N3NC(=O)C4CC=CCC4C3=O)c1)CCC2. The molecule has 6 heteroatoms. The number of rotatable bonds is 2. The van der Waals surface area contributed by atoms with E-state index < -0.39 is 0 Å². The van der Waals surface area contributed by atoms with E-state index in [4.69, 9.17) is 0 Å². The van der Waals surface area contributed by atoms with Gasteiger partial charge in [0.25, 0.3) is 5.91 Å². The Morgan fingerprint density at radius 2 is 1.81 bits per heavy atom. The summed E-state index contributed by atoms with van der Waals surface area (Å²) in [6.45, 7) is 4.80. The highest BCUT2D eigenvalue weighted by Crippen LogP contribution is 2.34. The molecule has 1 N–H and O–H groups in total. The Hall–Kier alpha value is -3.41. The number of benzene rings is 2. The first-order valence-corrected chi connectivity index (χ1v) is 11.3. The zero-order valence-electron chi connectivity index (χ0n) is 18.4. The van der Waals surface area contributed by atoms with Crippen molar-refractivity contribution in [3.63, 3.8) is 0 Å². The van der Waals surface area contributed by atoms with Crippen LogP contribution in [0.4, 0.5) is 11.4 Å². The highest BCUT2D eigenvalue weighted by Gasteiger charge is 2.42. The molecule has 1 fully saturated rings. The van der Waals surface area contributed by atoms with Crippen LogP contribution in [-0.4, -0.2) is 24.3 Å². The zero-order valence-corrected chi connectivity index (χ0v) is 18.4. The van der Waals surface area contributed by atoms with Crippen LogP contribution in [0.5, 0.6) is 0 Å². The molecule has 6 nitrogen and oxygen atoms in total. The standard InChI is InChI=1S/C26H27N3O3/c1-16-13-17(2)20-11-6-12-28(23(20)14-16)25(31)18-7-5-8-19(15-18)29-26(32)22-10-4-3-9-21(22)24(30)27-29/h3-5,7-8,13-15,21-22H,6,9-12H2,1-2H3,(H,27,30). The summed E-state index contributed by atoms with van der Waals surface area (Å²) < 4.78 is 0. The maximum Gasteiger partial charge on any atom is 0.258 e. The first-order valence-electron chi connectivity index (χ1n) is 11.3. The van der Waals surface area contributed by atoms with Crippen molar-refractivity contribution in [2.75, 3.05) is 16.5 Å². The van der Waals surface area contributed by atoms with E-state index in [9.17, 15) is 14.4 Å². The van der Waals surface area contributed by atoms with Crippen LogP contribution in [0.1, 0.15) is 46.3 Å². The number of carbonyl (C=O) groups is 3. The van der Waals surface area contributed by atoms with E-state index in [1.165, 1.54) is 16.1 Å². The Balaban J connectivity index is 1.46. The summed E-state index contributed by atoms with van der Waals surface area (Å²) in [6.07, 6.45) is 6.96. The molecule has 2 aromatic rings. The third-order valence-electron chi connectivity index (χ3n) is 6.82. The van der Waals surface area contributed by atoms with E-state index in [1.807, 2.05) is 24.0 Å². The van der Waals surface area contributed by atoms with Crippen LogP contribution in [0.25, 0.3) is 0 Å². The number of carbonyl (C=O) groups excluding carboxylic acids is 3. The minimum atomic E-state index is -0.354. The second-order valence-electron chi connectivity index (χ2n) is 9.00. The van der Waals surface area contributed by atoms with Gasteiger partial charge in [-0.25, -0.2) is 5.01 Å². The molecule has 2 heterocycles. The molecule has 0 aromatic heterocycles.